The van der Waals surface area contributed by atoms with Crippen molar-refractivity contribution < 1.29 is 9.90 Å². The van der Waals surface area contributed by atoms with Crippen LogP contribution in [0.3, 0.4) is 0 Å². The van der Waals surface area contributed by atoms with E-state index < -0.39 is 0 Å². The summed E-state index contributed by atoms with van der Waals surface area (Å²) in [5, 5.41) is 19.0. The molecule has 0 fully saturated rings. The number of aliphatic hydroxyl groups is 1. The Bertz CT molecular complexity index is 527. The van der Waals surface area contributed by atoms with Crippen molar-refractivity contribution in [3.63, 3.8) is 0 Å². The normalized spacial score (nSPS) is 10.4. The Morgan fingerprint density at radius 3 is 2.89 bits per heavy atom. The predicted octanol–water partition coefficient (Wildman–Crippen LogP) is -0.368. The number of hydrogen-bond acceptors (Lipinski definition) is 6. The van der Waals surface area contributed by atoms with Crippen LogP contribution in [0, 0.1) is 0 Å². The van der Waals surface area contributed by atoms with Crippen molar-refractivity contribution in [1.82, 2.24) is 25.0 Å². The molecule has 1 amide bonds. The summed E-state index contributed by atoms with van der Waals surface area (Å²) in [6.07, 6.45) is 6.04. The minimum Gasteiger partial charge on any atom is -0.396 e. The third-order valence-corrected chi connectivity index (χ3v) is 2.30. The van der Waals surface area contributed by atoms with Crippen LogP contribution < -0.4 is 5.32 Å². The van der Waals surface area contributed by atoms with Crippen molar-refractivity contribution in [2.75, 3.05) is 11.9 Å². The molecule has 0 unspecified atom stereocenters. The number of nitrogens with zero attached hydrogens (tertiary/aromatic N) is 5. The zero-order chi connectivity index (χ0) is 13.5. The number of carbonyl (C=O) groups excluding carboxylic acids is 1. The highest BCUT2D eigenvalue weighted by Gasteiger charge is 2.07. The minimum absolute atomic E-state index is 0.0460. The van der Waals surface area contributed by atoms with Crippen LogP contribution in [0.2, 0.25) is 0 Å². The quantitative estimate of drug-likeness (QED) is 0.736. The van der Waals surface area contributed by atoms with Crippen molar-refractivity contribution in [1.29, 1.82) is 0 Å². The largest absolute Gasteiger partial charge is 0.396 e. The first-order valence-electron chi connectivity index (χ1n) is 5.84. The molecule has 2 rings (SSSR count). The topological polar surface area (TPSA) is 106 Å². The van der Waals surface area contributed by atoms with Gasteiger partial charge in [0.2, 0.25) is 11.9 Å². The molecule has 0 aromatic carbocycles. The van der Waals surface area contributed by atoms with E-state index in [2.05, 4.69) is 25.6 Å². The van der Waals surface area contributed by atoms with Gasteiger partial charge in [0.05, 0.1) is 5.69 Å². The summed E-state index contributed by atoms with van der Waals surface area (Å²) >= 11 is 0. The number of aliphatic hydroxyl groups excluding tert-OH is 1. The lowest BCUT2D eigenvalue weighted by Crippen LogP contribution is -2.20. The van der Waals surface area contributed by atoms with E-state index in [0.717, 1.165) is 5.69 Å². The molecular weight excluding hydrogens is 248 g/mol. The van der Waals surface area contributed by atoms with E-state index in [-0.39, 0.29) is 25.0 Å². The van der Waals surface area contributed by atoms with E-state index in [4.69, 9.17) is 5.11 Å². The maximum absolute atomic E-state index is 11.7. The molecule has 0 spiro atoms. The summed E-state index contributed by atoms with van der Waals surface area (Å²) in [6, 6.07) is 1.67. The average molecular weight is 262 g/mol. The van der Waals surface area contributed by atoms with Crippen LogP contribution in [-0.4, -0.2) is 42.6 Å². The smallest absolute Gasteiger partial charge is 0.248 e. The number of hydrogen-bond donors (Lipinski definition) is 2. The monoisotopic (exact) mass is 262 g/mol. The van der Waals surface area contributed by atoms with Crippen LogP contribution in [0.4, 0.5) is 5.95 Å². The summed E-state index contributed by atoms with van der Waals surface area (Å²) in [6.45, 7) is 0.156. The minimum atomic E-state index is -0.273. The summed E-state index contributed by atoms with van der Waals surface area (Å²) in [4.78, 5) is 19.5. The molecule has 0 saturated carbocycles. The molecule has 2 N–H and O–H groups in total. The molecule has 0 aliphatic carbocycles. The van der Waals surface area contributed by atoms with Gasteiger partial charge in [-0.1, -0.05) is 5.21 Å². The van der Waals surface area contributed by atoms with Gasteiger partial charge in [0.25, 0.3) is 0 Å². The lowest BCUT2D eigenvalue weighted by molar-refractivity contribution is -0.117. The maximum Gasteiger partial charge on any atom is 0.248 e. The van der Waals surface area contributed by atoms with Crippen molar-refractivity contribution in [3.05, 3.63) is 30.4 Å². The highest BCUT2D eigenvalue weighted by Crippen LogP contribution is 1.99. The molecule has 0 saturated heterocycles. The molecular formula is C11H14N6O2. The van der Waals surface area contributed by atoms with Crippen LogP contribution in [0.25, 0.3) is 0 Å². The van der Waals surface area contributed by atoms with E-state index in [1.54, 1.807) is 24.7 Å². The fraction of sp³-hybridized carbons (Fsp3) is 0.364. The zero-order valence-electron chi connectivity index (χ0n) is 10.2. The van der Waals surface area contributed by atoms with Crippen LogP contribution in [-0.2, 0) is 17.8 Å². The van der Waals surface area contributed by atoms with Gasteiger partial charge in [-0.2, -0.15) is 0 Å². The van der Waals surface area contributed by atoms with Crippen molar-refractivity contribution in [3.8, 4) is 0 Å². The Hall–Kier alpha value is -2.35. The molecule has 0 bridgehead atoms. The maximum atomic E-state index is 11.7. The van der Waals surface area contributed by atoms with Crippen LogP contribution in [0.5, 0.6) is 0 Å². The second-order valence-corrected chi connectivity index (χ2v) is 3.86. The molecule has 8 nitrogen and oxygen atoms in total. The molecule has 0 aliphatic rings. The Kier molecular flexibility index (Phi) is 4.51. The highest BCUT2D eigenvalue weighted by molar-refractivity contribution is 5.88. The molecule has 0 atom stereocenters. The van der Waals surface area contributed by atoms with E-state index >= 15 is 0 Å². The van der Waals surface area contributed by atoms with Gasteiger partial charge < -0.3 is 5.11 Å². The van der Waals surface area contributed by atoms with Crippen molar-refractivity contribution in [2.45, 2.75) is 19.4 Å². The van der Waals surface area contributed by atoms with E-state index in [1.807, 2.05) is 0 Å². The first-order valence-corrected chi connectivity index (χ1v) is 5.84. The second kappa shape index (κ2) is 6.55. The summed E-state index contributed by atoms with van der Waals surface area (Å²) in [5.41, 5.74) is 0.748. The summed E-state index contributed by atoms with van der Waals surface area (Å²) < 4.78 is 1.44. The first-order chi connectivity index (χ1) is 9.28. The van der Waals surface area contributed by atoms with Crippen LogP contribution in [0.1, 0.15) is 12.1 Å². The molecule has 8 heteroatoms. The Morgan fingerprint density at radius 1 is 1.37 bits per heavy atom. The van der Waals surface area contributed by atoms with Gasteiger partial charge in [-0.3, -0.25) is 10.1 Å². The fourth-order valence-corrected chi connectivity index (χ4v) is 1.47. The molecule has 2 heterocycles. The standard InChI is InChI=1S/C11H14N6O2/c18-6-1-3-9-7-17(16-15-9)8-10(19)14-11-12-4-2-5-13-11/h2,4-5,7,18H,1,3,6,8H2,(H,12,13,14,19). The Balaban J connectivity index is 1.86. The average Bonchev–Trinajstić information content (AvgIpc) is 2.85. The number of aryl methyl sites for hydroxylation is 1. The molecule has 2 aromatic rings. The second-order valence-electron chi connectivity index (χ2n) is 3.86. The number of rotatable bonds is 6. The van der Waals surface area contributed by atoms with E-state index in [1.165, 1.54) is 4.68 Å². The summed E-state index contributed by atoms with van der Waals surface area (Å²) in [7, 11) is 0. The number of nitrogens with one attached hydrogen (secondary N) is 1. The predicted molar refractivity (Wildman–Crippen MR) is 66.1 cm³/mol. The lowest BCUT2D eigenvalue weighted by Gasteiger charge is -2.02. The van der Waals surface area contributed by atoms with Crippen molar-refractivity contribution in [2.24, 2.45) is 0 Å². The van der Waals surface area contributed by atoms with Gasteiger partial charge >= 0.3 is 0 Å². The number of amides is 1. The van der Waals surface area contributed by atoms with Gasteiger partial charge in [0, 0.05) is 25.2 Å². The third-order valence-electron chi connectivity index (χ3n) is 2.30. The zero-order valence-corrected chi connectivity index (χ0v) is 10.2. The Labute approximate surface area is 109 Å². The Morgan fingerprint density at radius 2 is 2.16 bits per heavy atom. The number of carbonyl (C=O) groups is 1. The first kappa shape index (κ1) is 13.1. The van der Waals surface area contributed by atoms with E-state index in [9.17, 15) is 4.79 Å². The van der Waals surface area contributed by atoms with Crippen LogP contribution in [0.15, 0.2) is 24.7 Å². The highest BCUT2D eigenvalue weighted by atomic mass is 16.2. The lowest BCUT2D eigenvalue weighted by atomic mass is 10.3. The molecule has 2 aromatic heterocycles. The summed E-state index contributed by atoms with van der Waals surface area (Å²) in [5.74, 6) is -0.0158. The molecule has 100 valence electrons. The third kappa shape index (κ3) is 4.11. The fourth-order valence-electron chi connectivity index (χ4n) is 1.47. The van der Waals surface area contributed by atoms with Gasteiger partial charge in [-0.25, -0.2) is 14.6 Å². The van der Waals surface area contributed by atoms with Gasteiger partial charge in [0.15, 0.2) is 0 Å². The SMILES string of the molecule is O=C(Cn1cc(CCCO)nn1)Nc1ncccn1. The van der Waals surface area contributed by atoms with Gasteiger partial charge in [-0.15, -0.1) is 5.10 Å². The van der Waals surface area contributed by atoms with Crippen molar-refractivity contribution >= 4 is 11.9 Å². The molecule has 0 radical (unpaired) electrons. The molecule has 0 aliphatic heterocycles. The van der Waals surface area contributed by atoms with Gasteiger partial charge in [-0.05, 0) is 18.9 Å². The van der Waals surface area contributed by atoms with Crippen LogP contribution >= 0.6 is 0 Å². The molecule has 19 heavy (non-hydrogen) atoms. The number of anilines is 1. The van der Waals surface area contributed by atoms with E-state index in [0.29, 0.717) is 12.8 Å². The van der Waals surface area contributed by atoms with Gasteiger partial charge in [0.1, 0.15) is 6.54 Å². The number of aromatic nitrogens is 5.